The average Bonchev–Trinajstić information content (AvgIpc) is 3.15. The minimum atomic E-state index is 0.165. The number of fused-ring (bicyclic) bond motifs is 1. The third-order valence-electron chi connectivity index (χ3n) is 5.46. The van der Waals surface area contributed by atoms with Crippen LogP contribution in [-0.2, 0) is 6.42 Å². The van der Waals surface area contributed by atoms with Crippen molar-refractivity contribution in [3.63, 3.8) is 0 Å². The van der Waals surface area contributed by atoms with Crippen LogP contribution >= 0.6 is 0 Å². The summed E-state index contributed by atoms with van der Waals surface area (Å²) < 4.78 is 11.5. The number of nitrogens with zero attached hydrogens (tertiary/aromatic N) is 2. The SMILES string of the molecule is COc1ccccc1O[C@H]1CCN(CCN2CCc3ccccc3C2=O)C1. The molecule has 4 rings (SSSR count). The second kappa shape index (κ2) is 8.01. The monoisotopic (exact) mass is 366 g/mol. The van der Waals surface area contributed by atoms with Gasteiger partial charge in [0.25, 0.3) is 5.91 Å². The maximum atomic E-state index is 12.7. The number of ether oxygens (including phenoxy) is 2. The van der Waals surface area contributed by atoms with Gasteiger partial charge in [-0.05, 0) is 36.6 Å². The molecule has 0 bridgehead atoms. The van der Waals surface area contributed by atoms with Crippen molar-refractivity contribution in [3.05, 3.63) is 59.7 Å². The second-order valence-electron chi connectivity index (χ2n) is 7.18. The fourth-order valence-electron chi connectivity index (χ4n) is 3.94. The van der Waals surface area contributed by atoms with Gasteiger partial charge in [-0.25, -0.2) is 0 Å². The highest BCUT2D eigenvalue weighted by Gasteiger charge is 2.27. The van der Waals surface area contributed by atoms with Gasteiger partial charge in [-0.15, -0.1) is 0 Å². The first-order valence-electron chi connectivity index (χ1n) is 9.64. The van der Waals surface area contributed by atoms with E-state index < -0.39 is 0 Å². The molecule has 142 valence electrons. The van der Waals surface area contributed by atoms with Crippen LogP contribution in [0.2, 0.25) is 0 Å². The molecular formula is C22H26N2O3. The molecular weight excluding hydrogens is 340 g/mol. The summed E-state index contributed by atoms with van der Waals surface area (Å²) in [7, 11) is 1.66. The Morgan fingerprint density at radius 2 is 1.78 bits per heavy atom. The van der Waals surface area contributed by atoms with E-state index in [1.54, 1.807) is 7.11 Å². The highest BCUT2D eigenvalue weighted by Crippen LogP contribution is 2.28. The van der Waals surface area contributed by atoms with Crippen molar-refractivity contribution in [1.82, 2.24) is 9.80 Å². The van der Waals surface area contributed by atoms with E-state index in [0.29, 0.717) is 0 Å². The normalized spacial score (nSPS) is 19.8. The van der Waals surface area contributed by atoms with Gasteiger partial charge in [0.05, 0.1) is 7.11 Å². The average molecular weight is 366 g/mol. The van der Waals surface area contributed by atoms with Crippen molar-refractivity contribution in [2.45, 2.75) is 18.9 Å². The number of para-hydroxylation sites is 2. The summed E-state index contributed by atoms with van der Waals surface area (Å²) in [6, 6.07) is 15.7. The Labute approximate surface area is 160 Å². The summed E-state index contributed by atoms with van der Waals surface area (Å²) in [4.78, 5) is 17.0. The van der Waals surface area contributed by atoms with E-state index in [1.807, 2.05) is 47.4 Å². The van der Waals surface area contributed by atoms with Crippen LogP contribution in [0.4, 0.5) is 0 Å². The highest BCUT2D eigenvalue weighted by atomic mass is 16.5. The standard InChI is InChI=1S/C22H26N2O3/c1-26-20-8-4-5-9-21(20)27-18-11-12-23(16-18)14-15-24-13-10-17-6-2-3-7-19(17)22(24)25/h2-9,18H,10-16H2,1H3/t18-/m0/s1. The number of amides is 1. The molecule has 27 heavy (non-hydrogen) atoms. The molecule has 0 N–H and O–H groups in total. The van der Waals surface area contributed by atoms with Crippen molar-refractivity contribution in [3.8, 4) is 11.5 Å². The molecule has 5 nitrogen and oxygen atoms in total. The molecule has 2 aliphatic heterocycles. The minimum absolute atomic E-state index is 0.165. The van der Waals surface area contributed by atoms with Crippen LogP contribution in [0.25, 0.3) is 0 Å². The van der Waals surface area contributed by atoms with Crippen LogP contribution in [0.5, 0.6) is 11.5 Å². The quantitative estimate of drug-likeness (QED) is 0.788. The first kappa shape index (κ1) is 17.9. The molecule has 0 aromatic heterocycles. The summed E-state index contributed by atoms with van der Waals surface area (Å²) in [6.07, 6.45) is 2.11. The third kappa shape index (κ3) is 3.93. The van der Waals surface area contributed by atoms with Crippen molar-refractivity contribution in [2.24, 2.45) is 0 Å². The molecule has 5 heteroatoms. The Balaban J connectivity index is 1.29. The summed E-state index contributed by atoms with van der Waals surface area (Å²) in [5.41, 5.74) is 2.03. The van der Waals surface area contributed by atoms with E-state index in [0.717, 1.165) is 62.6 Å². The zero-order valence-electron chi connectivity index (χ0n) is 15.8. The summed E-state index contributed by atoms with van der Waals surface area (Å²) in [5, 5.41) is 0. The lowest BCUT2D eigenvalue weighted by Gasteiger charge is -2.30. The van der Waals surface area contributed by atoms with Gasteiger partial charge in [-0.3, -0.25) is 9.69 Å². The van der Waals surface area contributed by atoms with Gasteiger partial charge in [0.1, 0.15) is 6.10 Å². The Hall–Kier alpha value is -2.53. The fourth-order valence-corrected chi connectivity index (χ4v) is 3.94. The largest absolute Gasteiger partial charge is 0.493 e. The van der Waals surface area contributed by atoms with Crippen molar-refractivity contribution in [2.75, 3.05) is 39.8 Å². The number of methoxy groups -OCH3 is 1. The molecule has 0 spiro atoms. The van der Waals surface area contributed by atoms with Gasteiger partial charge in [0.2, 0.25) is 0 Å². The van der Waals surface area contributed by atoms with E-state index in [4.69, 9.17) is 9.47 Å². The van der Waals surface area contributed by atoms with Crippen LogP contribution in [0.15, 0.2) is 48.5 Å². The molecule has 0 aliphatic carbocycles. The number of likely N-dealkylation sites (tertiary alicyclic amines) is 1. The molecule has 1 amide bonds. The van der Waals surface area contributed by atoms with E-state index in [1.165, 1.54) is 5.56 Å². The summed E-state index contributed by atoms with van der Waals surface area (Å²) in [6.45, 7) is 4.36. The maximum absolute atomic E-state index is 12.7. The Morgan fingerprint density at radius 1 is 1.00 bits per heavy atom. The minimum Gasteiger partial charge on any atom is -0.493 e. The molecule has 0 unspecified atom stereocenters. The van der Waals surface area contributed by atoms with Crippen LogP contribution in [0.1, 0.15) is 22.3 Å². The van der Waals surface area contributed by atoms with Gasteiger partial charge in [-0.1, -0.05) is 30.3 Å². The predicted molar refractivity (Wildman–Crippen MR) is 105 cm³/mol. The fraction of sp³-hybridized carbons (Fsp3) is 0.409. The van der Waals surface area contributed by atoms with Gasteiger partial charge in [0.15, 0.2) is 11.5 Å². The summed E-state index contributed by atoms with van der Waals surface area (Å²) >= 11 is 0. The zero-order valence-corrected chi connectivity index (χ0v) is 15.8. The van der Waals surface area contributed by atoms with Crippen LogP contribution in [-0.4, -0.2) is 61.6 Å². The van der Waals surface area contributed by atoms with Gasteiger partial charge in [-0.2, -0.15) is 0 Å². The smallest absolute Gasteiger partial charge is 0.254 e. The number of hydrogen-bond donors (Lipinski definition) is 0. The Bertz CT molecular complexity index is 808. The first-order valence-corrected chi connectivity index (χ1v) is 9.64. The van der Waals surface area contributed by atoms with E-state index in [-0.39, 0.29) is 12.0 Å². The highest BCUT2D eigenvalue weighted by molar-refractivity contribution is 5.96. The lowest BCUT2D eigenvalue weighted by atomic mass is 9.99. The molecule has 2 aromatic carbocycles. The van der Waals surface area contributed by atoms with Crippen LogP contribution in [0.3, 0.4) is 0 Å². The second-order valence-corrected chi connectivity index (χ2v) is 7.18. The number of carbonyl (C=O) groups is 1. The molecule has 1 fully saturated rings. The van der Waals surface area contributed by atoms with Crippen LogP contribution < -0.4 is 9.47 Å². The molecule has 2 heterocycles. The Kier molecular flexibility index (Phi) is 5.30. The number of benzene rings is 2. The molecule has 2 aromatic rings. The number of hydrogen-bond acceptors (Lipinski definition) is 4. The molecule has 0 radical (unpaired) electrons. The van der Waals surface area contributed by atoms with Crippen molar-refractivity contribution >= 4 is 5.91 Å². The maximum Gasteiger partial charge on any atom is 0.254 e. The number of rotatable bonds is 6. The van der Waals surface area contributed by atoms with Crippen LogP contribution in [0, 0.1) is 0 Å². The molecule has 0 saturated carbocycles. The van der Waals surface area contributed by atoms with E-state index in [2.05, 4.69) is 11.0 Å². The molecule has 2 aliphatic rings. The van der Waals surface area contributed by atoms with Gasteiger partial charge >= 0.3 is 0 Å². The number of carbonyl (C=O) groups excluding carboxylic acids is 1. The summed E-state index contributed by atoms with van der Waals surface area (Å²) in [5.74, 6) is 1.74. The van der Waals surface area contributed by atoms with Crippen molar-refractivity contribution < 1.29 is 14.3 Å². The van der Waals surface area contributed by atoms with E-state index >= 15 is 0 Å². The molecule has 1 atom stereocenters. The van der Waals surface area contributed by atoms with Crippen molar-refractivity contribution in [1.29, 1.82) is 0 Å². The van der Waals surface area contributed by atoms with Gasteiger partial charge < -0.3 is 14.4 Å². The van der Waals surface area contributed by atoms with E-state index in [9.17, 15) is 4.79 Å². The topological polar surface area (TPSA) is 42.0 Å². The first-order chi connectivity index (χ1) is 13.2. The van der Waals surface area contributed by atoms with Gasteiger partial charge in [0, 0.05) is 38.3 Å². The lowest BCUT2D eigenvalue weighted by Crippen LogP contribution is -2.42. The molecule has 1 saturated heterocycles. The predicted octanol–water partition coefficient (Wildman–Crippen LogP) is 2.85. The lowest BCUT2D eigenvalue weighted by molar-refractivity contribution is 0.0721. The third-order valence-corrected chi connectivity index (χ3v) is 5.46. The Morgan fingerprint density at radius 3 is 2.63 bits per heavy atom. The zero-order chi connectivity index (χ0) is 18.6.